The Kier molecular flexibility index (Phi) is 6.10. The van der Waals surface area contributed by atoms with Crippen LogP contribution in [0.1, 0.15) is 18.4 Å². The van der Waals surface area contributed by atoms with Gasteiger partial charge in [-0.3, -0.25) is 4.90 Å². The maximum atomic E-state index is 13.1. The van der Waals surface area contributed by atoms with Crippen molar-refractivity contribution in [3.8, 4) is 0 Å². The number of hydrogen-bond donors (Lipinski definition) is 1. The number of halogens is 4. The zero-order valence-corrected chi connectivity index (χ0v) is 11.6. The van der Waals surface area contributed by atoms with Gasteiger partial charge in [0, 0.05) is 19.1 Å². The molecule has 1 aliphatic rings. The van der Waals surface area contributed by atoms with Crippen molar-refractivity contribution in [2.45, 2.75) is 25.4 Å². The Bertz CT molecular complexity index is 405. The highest BCUT2D eigenvalue weighted by atomic mass is 35.5. The van der Waals surface area contributed by atoms with E-state index in [9.17, 15) is 13.2 Å². The van der Waals surface area contributed by atoms with Crippen molar-refractivity contribution in [2.24, 2.45) is 0 Å². The summed E-state index contributed by atoms with van der Waals surface area (Å²) in [5.41, 5.74) is 0.481. The van der Waals surface area contributed by atoms with E-state index in [4.69, 9.17) is 0 Å². The molecule has 1 atom stereocenters. The van der Waals surface area contributed by atoms with Crippen LogP contribution < -0.4 is 5.32 Å². The van der Waals surface area contributed by atoms with Crippen LogP contribution >= 0.6 is 12.4 Å². The van der Waals surface area contributed by atoms with E-state index < -0.39 is 17.5 Å². The highest BCUT2D eigenvalue weighted by Gasteiger charge is 2.24. The molecule has 2 rings (SSSR count). The predicted molar refractivity (Wildman–Crippen MR) is 70.9 cm³/mol. The molecule has 0 spiro atoms. The lowest BCUT2D eigenvalue weighted by Crippen LogP contribution is -2.36. The van der Waals surface area contributed by atoms with E-state index in [1.54, 1.807) is 0 Å². The summed E-state index contributed by atoms with van der Waals surface area (Å²) in [6, 6.07) is 2.53. The Hall–Kier alpha value is -0.780. The molecule has 0 saturated carbocycles. The zero-order valence-electron chi connectivity index (χ0n) is 10.8. The smallest absolute Gasteiger partial charge is 0.194 e. The average Bonchev–Trinajstić information content (AvgIpc) is 2.74. The van der Waals surface area contributed by atoms with Gasteiger partial charge in [-0.15, -0.1) is 12.4 Å². The van der Waals surface area contributed by atoms with Crippen molar-refractivity contribution in [1.82, 2.24) is 10.2 Å². The number of nitrogens with one attached hydrogen (secondary N) is 1. The number of benzene rings is 1. The van der Waals surface area contributed by atoms with Crippen molar-refractivity contribution in [1.29, 1.82) is 0 Å². The summed E-state index contributed by atoms with van der Waals surface area (Å²) < 4.78 is 39.1. The first kappa shape index (κ1) is 16.3. The molecule has 0 aliphatic carbocycles. The maximum Gasteiger partial charge on any atom is 0.194 e. The van der Waals surface area contributed by atoms with E-state index in [1.165, 1.54) is 0 Å². The Morgan fingerprint density at radius 2 is 1.89 bits per heavy atom. The second-order valence-corrected chi connectivity index (χ2v) is 4.70. The maximum absolute atomic E-state index is 13.1. The average molecular weight is 295 g/mol. The van der Waals surface area contributed by atoms with Crippen LogP contribution in [0.2, 0.25) is 0 Å². The Balaban J connectivity index is 0.00000180. The van der Waals surface area contributed by atoms with Gasteiger partial charge in [0.2, 0.25) is 0 Å². The number of hydrogen-bond acceptors (Lipinski definition) is 2. The molecular formula is C13H18ClF3N2. The first-order valence-corrected chi connectivity index (χ1v) is 6.14. The molecule has 1 aromatic rings. The molecule has 1 N–H and O–H groups in total. The molecule has 0 aromatic heterocycles. The van der Waals surface area contributed by atoms with E-state index in [-0.39, 0.29) is 12.4 Å². The molecule has 1 saturated heterocycles. The molecule has 1 unspecified atom stereocenters. The second kappa shape index (κ2) is 7.12. The molecule has 0 amide bonds. The summed E-state index contributed by atoms with van der Waals surface area (Å²) in [5.74, 6) is -3.63. The van der Waals surface area contributed by atoms with Gasteiger partial charge >= 0.3 is 0 Å². The summed E-state index contributed by atoms with van der Waals surface area (Å²) in [6.45, 7) is 2.22. The summed E-state index contributed by atoms with van der Waals surface area (Å²) in [4.78, 5) is 2.17. The van der Waals surface area contributed by atoms with Crippen molar-refractivity contribution < 1.29 is 13.2 Å². The molecule has 1 heterocycles. The van der Waals surface area contributed by atoms with Crippen molar-refractivity contribution in [3.05, 3.63) is 35.1 Å². The van der Waals surface area contributed by atoms with Gasteiger partial charge in [0.05, 0.1) is 0 Å². The first-order valence-electron chi connectivity index (χ1n) is 6.14. The fraction of sp³-hybridized carbons (Fsp3) is 0.538. The van der Waals surface area contributed by atoms with Crippen LogP contribution in [0.3, 0.4) is 0 Å². The monoisotopic (exact) mass is 294 g/mol. The van der Waals surface area contributed by atoms with Crippen molar-refractivity contribution >= 4 is 12.4 Å². The van der Waals surface area contributed by atoms with E-state index in [2.05, 4.69) is 10.2 Å². The van der Waals surface area contributed by atoms with Crippen LogP contribution in [0.15, 0.2) is 12.1 Å². The van der Waals surface area contributed by atoms with Crippen molar-refractivity contribution in [2.75, 3.05) is 20.1 Å². The van der Waals surface area contributed by atoms with Gasteiger partial charge in [0.25, 0.3) is 0 Å². The molecule has 1 aromatic carbocycles. The summed E-state index contributed by atoms with van der Waals surface area (Å²) >= 11 is 0. The van der Waals surface area contributed by atoms with Gasteiger partial charge in [-0.25, -0.2) is 13.2 Å². The third-order valence-electron chi connectivity index (χ3n) is 3.37. The Morgan fingerprint density at radius 1 is 1.26 bits per heavy atom. The SMILES string of the molecule is CNCC1CCCN1Cc1cc(F)c(F)c(F)c1.Cl. The Morgan fingerprint density at radius 3 is 2.47 bits per heavy atom. The van der Waals surface area contributed by atoms with Gasteiger partial charge in [0.1, 0.15) is 0 Å². The van der Waals surface area contributed by atoms with Crippen LogP contribution in [0.5, 0.6) is 0 Å². The van der Waals surface area contributed by atoms with Gasteiger partial charge < -0.3 is 5.32 Å². The molecule has 19 heavy (non-hydrogen) atoms. The third-order valence-corrected chi connectivity index (χ3v) is 3.37. The van der Waals surface area contributed by atoms with E-state index in [0.29, 0.717) is 18.2 Å². The third kappa shape index (κ3) is 3.84. The quantitative estimate of drug-likeness (QED) is 0.859. The minimum absolute atomic E-state index is 0. The molecule has 0 bridgehead atoms. The minimum atomic E-state index is -1.40. The van der Waals surface area contributed by atoms with E-state index in [0.717, 1.165) is 38.1 Å². The molecule has 108 valence electrons. The van der Waals surface area contributed by atoms with E-state index >= 15 is 0 Å². The second-order valence-electron chi connectivity index (χ2n) is 4.70. The Labute approximate surface area is 117 Å². The van der Waals surface area contributed by atoms with Crippen molar-refractivity contribution in [3.63, 3.8) is 0 Å². The van der Waals surface area contributed by atoms with Gasteiger partial charge in [0.15, 0.2) is 17.5 Å². The molecule has 1 fully saturated rings. The summed E-state index contributed by atoms with van der Waals surface area (Å²) in [5, 5.41) is 3.11. The summed E-state index contributed by atoms with van der Waals surface area (Å²) in [6.07, 6.45) is 2.16. The lowest BCUT2D eigenvalue weighted by molar-refractivity contribution is 0.241. The minimum Gasteiger partial charge on any atom is -0.318 e. The van der Waals surface area contributed by atoms with Gasteiger partial charge in [-0.1, -0.05) is 0 Å². The lowest BCUT2D eigenvalue weighted by atomic mass is 10.1. The molecule has 2 nitrogen and oxygen atoms in total. The topological polar surface area (TPSA) is 15.3 Å². The molecular weight excluding hydrogens is 277 g/mol. The number of likely N-dealkylation sites (tertiary alicyclic amines) is 1. The largest absolute Gasteiger partial charge is 0.318 e. The van der Waals surface area contributed by atoms with Crippen LogP contribution in [-0.4, -0.2) is 31.1 Å². The fourth-order valence-electron chi connectivity index (χ4n) is 2.50. The standard InChI is InChI=1S/C13H17F3N2.ClH/c1-17-7-10-3-2-4-18(10)8-9-5-11(14)13(16)12(15)6-9;/h5-6,10,17H,2-4,7-8H2,1H3;1H. The van der Waals surface area contributed by atoms with Gasteiger partial charge in [-0.2, -0.15) is 0 Å². The molecule has 1 aliphatic heterocycles. The zero-order chi connectivity index (χ0) is 13.1. The van der Waals surface area contributed by atoms with E-state index in [1.807, 2.05) is 7.05 Å². The normalized spacial score (nSPS) is 19.5. The highest BCUT2D eigenvalue weighted by molar-refractivity contribution is 5.85. The fourth-order valence-corrected chi connectivity index (χ4v) is 2.50. The van der Waals surface area contributed by atoms with Gasteiger partial charge in [-0.05, 0) is 44.1 Å². The predicted octanol–water partition coefficient (Wildman–Crippen LogP) is 2.71. The van der Waals surface area contributed by atoms with Crippen LogP contribution in [0.4, 0.5) is 13.2 Å². The first-order chi connectivity index (χ1) is 8.61. The lowest BCUT2D eigenvalue weighted by Gasteiger charge is -2.24. The number of nitrogens with zero attached hydrogens (tertiary/aromatic N) is 1. The number of rotatable bonds is 4. The summed E-state index contributed by atoms with van der Waals surface area (Å²) in [7, 11) is 1.88. The molecule has 0 radical (unpaired) electrons. The van der Waals surface area contributed by atoms with Crippen LogP contribution in [-0.2, 0) is 6.54 Å². The highest BCUT2D eigenvalue weighted by Crippen LogP contribution is 2.21. The molecule has 6 heteroatoms. The van der Waals surface area contributed by atoms with Crippen LogP contribution in [0.25, 0.3) is 0 Å². The van der Waals surface area contributed by atoms with Crippen LogP contribution in [0, 0.1) is 17.5 Å². The number of likely N-dealkylation sites (N-methyl/N-ethyl adjacent to an activating group) is 1.